The normalized spacial score (nSPS) is 11.8. The summed E-state index contributed by atoms with van der Waals surface area (Å²) in [4.78, 5) is 0. The van der Waals surface area contributed by atoms with Gasteiger partial charge in [-0.05, 0) is 30.2 Å². The van der Waals surface area contributed by atoms with E-state index in [4.69, 9.17) is 0 Å². The van der Waals surface area contributed by atoms with E-state index in [0.717, 1.165) is 29.5 Å². The number of rotatable bonds is 0. The summed E-state index contributed by atoms with van der Waals surface area (Å²) < 4.78 is 69.0. The largest absolute Gasteiger partial charge is 0.509 e. The van der Waals surface area contributed by atoms with Crippen LogP contribution in [0, 0.1) is 17.0 Å². The van der Waals surface area contributed by atoms with Crippen molar-refractivity contribution in [3.8, 4) is 11.2 Å². The fourth-order valence-corrected chi connectivity index (χ4v) is 1.09. The van der Waals surface area contributed by atoms with E-state index in [1.54, 1.807) is 5.92 Å². The van der Waals surface area contributed by atoms with Crippen LogP contribution in [0.4, 0.5) is 17.6 Å². The zero-order valence-corrected chi connectivity index (χ0v) is 8.36. The Kier molecular flexibility index (Phi) is 3.24. The van der Waals surface area contributed by atoms with E-state index >= 15 is 0 Å². The molecule has 0 saturated heterocycles. The first-order valence-corrected chi connectivity index (χ1v) is 5.30. The van der Waals surface area contributed by atoms with E-state index in [1.165, 1.54) is 0 Å². The van der Waals surface area contributed by atoms with Gasteiger partial charge >= 0.3 is 15.3 Å². The Labute approximate surface area is 88.8 Å². The zero-order chi connectivity index (χ0) is 12.4. The van der Waals surface area contributed by atoms with Crippen LogP contribution in [0.15, 0.2) is 24.3 Å². The van der Waals surface area contributed by atoms with Gasteiger partial charge in [0, 0.05) is 10.8 Å². The zero-order valence-electron chi connectivity index (χ0n) is 7.55. The summed E-state index contributed by atoms with van der Waals surface area (Å²) in [7, 11) is -5.46. The molecule has 1 rings (SSSR count). The van der Waals surface area contributed by atoms with Gasteiger partial charge in [-0.2, -0.15) is 13.2 Å². The van der Waals surface area contributed by atoms with Crippen LogP contribution in [0.2, 0.25) is 0 Å². The minimum absolute atomic E-state index is 0.0192. The number of hydrogen-bond acceptors (Lipinski definition) is 2. The quantitative estimate of drug-likeness (QED) is 0.523. The summed E-state index contributed by atoms with van der Waals surface area (Å²) in [5.74, 6) is 1.20. The molecule has 1 aromatic rings. The number of benzene rings is 1. The van der Waals surface area contributed by atoms with Crippen molar-refractivity contribution in [2.75, 3.05) is 0 Å². The smallest absolute Gasteiger partial charge is 0.207 e. The molecule has 0 amide bonds. The van der Waals surface area contributed by atoms with Crippen LogP contribution in [0.1, 0.15) is 5.56 Å². The van der Waals surface area contributed by atoms with Crippen molar-refractivity contribution in [1.82, 2.24) is 0 Å². The summed E-state index contributed by atoms with van der Waals surface area (Å²) in [6.45, 7) is 0. The molecule has 0 aliphatic carbocycles. The molecule has 0 unspecified atom stereocenters. The predicted molar refractivity (Wildman–Crippen MR) is 48.3 cm³/mol. The molecule has 16 heavy (non-hydrogen) atoms. The molecule has 0 fully saturated rings. The van der Waals surface area contributed by atoms with Crippen molar-refractivity contribution >= 4 is 9.84 Å². The Bertz CT molecular complexity index is 532. The van der Waals surface area contributed by atoms with E-state index in [1.807, 2.05) is 0 Å². The molecule has 0 heterocycles. The van der Waals surface area contributed by atoms with Gasteiger partial charge in [0.05, 0.1) is 0 Å². The van der Waals surface area contributed by atoms with Crippen LogP contribution >= 0.6 is 0 Å². The third-order valence-electron chi connectivity index (χ3n) is 1.48. The van der Waals surface area contributed by atoms with Gasteiger partial charge < -0.3 is 0 Å². The minimum atomic E-state index is -5.46. The lowest BCUT2D eigenvalue weighted by molar-refractivity contribution is -0.0420. The van der Waals surface area contributed by atoms with Crippen LogP contribution in [0.25, 0.3) is 0 Å². The van der Waals surface area contributed by atoms with Gasteiger partial charge in [-0.3, -0.25) is 0 Å². The first-order valence-electron chi connectivity index (χ1n) is 3.82. The maximum Gasteiger partial charge on any atom is 0.509 e. The van der Waals surface area contributed by atoms with Gasteiger partial charge in [0.1, 0.15) is 5.82 Å². The topological polar surface area (TPSA) is 34.1 Å². The Balaban J connectivity index is 3.04. The maximum atomic E-state index is 12.4. The second-order valence-corrected chi connectivity index (χ2v) is 4.36. The molecule has 0 bridgehead atoms. The van der Waals surface area contributed by atoms with Gasteiger partial charge in [-0.25, -0.2) is 12.8 Å². The summed E-state index contributed by atoms with van der Waals surface area (Å²) in [6.07, 6.45) is 0. The number of hydrogen-bond donors (Lipinski definition) is 0. The van der Waals surface area contributed by atoms with Crippen molar-refractivity contribution < 1.29 is 26.0 Å². The van der Waals surface area contributed by atoms with Gasteiger partial charge in [0.2, 0.25) is 0 Å². The second-order valence-electron chi connectivity index (χ2n) is 2.68. The van der Waals surface area contributed by atoms with Crippen LogP contribution in [0.3, 0.4) is 0 Å². The van der Waals surface area contributed by atoms with Gasteiger partial charge in [0.25, 0.3) is 0 Å². The van der Waals surface area contributed by atoms with Crippen molar-refractivity contribution in [2.45, 2.75) is 5.51 Å². The van der Waals surface area contributed by atoms with Crippen molar-refractivity contribution in [1.29, 1.82) is 0 Å². The predicted octanol–water partition coefficient (Wildman–Crippen LogP) is 2.07. The summed E-state index contributed by atoms with van der Waals surface area (Å²) >= 11 is 0. The Hall–Kier alpha value is -1.55. The molecule has 7 heteroatoms. The van der Waals surface area contributed by atoms with Crippen molar-refractivity contribution in [3.63, 3.8) is 0 Å². The lowest BCUT2D eigenvalue weighted by Gasteiger charge is -1.99. The average Bonchev–Trinajstić information content (AvgIpc) is 2.15. The van der Waals surface area contributed by atoms with Gasteiger partial charge in [-0.15, -0.1) is 0 Å². The van der Waals surface area contributed by atoms with Crippen LogP contribution in [-0.2, 0) is 9.84 Å². The number of alkyl halides is 3. The Morgan fingerprint density at radius 1 is 1.06 bits per heavy atom. The second kappa shape index (κ2) is 4.14. The van der Waals surface area contributed by atoms with E-state index in [-0.39, 0.29) is 5.56 Å². The van der Waals surface area contributed by atoms with Crippen molar-refractivity contribution in [3.05, 3.63) is 35.6 Å². The molecule has 0 saturated carbocycles. The lowest BCUT2D eigenvalue weighted by atomic mass is 10.2. The molecular formula is C9H4F4O2S. The molecular weight excluding hydrogens is 248 g/mol. The third kappa shape index (κ3) is 2.97. The van der Waals surface area contributed by atoms with Crippen LogP contribution < -0.4 is 0 Å². The third-order valence-corrected chi connectivity index (χ3v) is 2.46. The molecule has 0 atom stereocenters. The van der Waals surface area contributed by atoms with E-state index < -0.39 is 21.2 Å². The van der Waals surface area contributed by atoms with Gasteiger partial charge in [0.15, 0.2) is 0 Å². The maximum absolute atomic E-state index is 12.4. The lowest BCUT2D eigenvalue weighted by Crippen LogP contribution is -2.20. The molecule has 0 radical (unpaired) electrons. The molecule has 0 aliphatic rings. The molecule has 0 aromatic heterocycles. The highest BCUT2D eigenvalue weighted by molar-refractivity contribution is 7.96. The summed E-state index contributed by atoms with van der Waals surface area (Å²) in [5, 5.41) is 1.11. The Morgan fingerprint density at radius 2 is 1.56 bits per heavy atom. The summed E-state index contributed by atoms with van der Waals surface area (Å²) in [6, 6.07) is 4.08. The SMILES string of the molecule is O=S(=O)(C#Cc1ccc(F)cc1)C(F)(F)F. The molecule has 2 nitrogen and oxygen atoms in total. The Morgan fingerprint density at radius 3 is 2.00 bits per heavy atom. The molecule has 86 valence electrons. The summed E-state index contributed by atoms with van der Waals surface area (Å²) in [5.41, 5.74) is -5.42. The first kappa shape index (κ1) is 12.5. The highest BCUT2D eigenvalue weighted by atomic mass is 32.2. The molecule has 0 N–H and O–H groups in total. The number of halogens is 4. The monoisotopic (exact) mass is 252 g/mol. The van der Waals surface area contributed by atoms with Crippen LogP contribution in [0.5, 0.6) is 0 Å². The van der Waals surface area contributed by atoms with E-state index in [2.05, 4.69) is 0 Å². The van der Waals surface area contributed by atoms with Crippen LogP contribution in [-0.4, -0.2) is 13.9 Å². The van der Waals surface area contributed by atoms with Gasteiger partial charge in [-0.1, -0.05) is 0 Å². The first-order chi connectivity index (χ1) is 7.22. The fraction of sp³-hybridized carbons (Fsp3) is 0.111. The van der Waals surface area contributed by atoms with E-state index in [0.29, 0.717) is 0 Å². The molecule has 0 spiro atoms. The molecule has 0 aliphatic heterocycles. The minimum Gasteiger partial charge on any atom is -0.207 e. The number of sulfone groups is 1. The fourth-order valence-electron chi connectivity index (χ4n) is 0.717. The highest BCUT2D eigenvalue weighted by Gasteiger charge is 2.44. The standard InChI is InChI=1S/C9H4F4O2S/c10-8-3-1-7(2-4-8)5-6-16(14,15)9(11,12)13/h1-4H. The molecule has 1 aromatic carbocycles. The van der Waals surface area contributed by atoms with E-state index in [9.17, 15) is 26.0 Å². The average molecular weight is 252 g/mol. The highest BCUT2D eigenvalue weighted by Crippen LogP contribution is 2.22. The van der Waals surface area contributed by atoms with Crippen molar-refractivity contribution in [2.24, 2.45) is 0 Å².